The van der Waals surface area contributed by atoms with Crippen molar-refractivity contribution < 1.29 is 48.7 Å². The summed E-state index contributed by atoms with van der Waals surface area (Å²) >= 11 is 0. The van der Waals surface area contributed by atoms with E-state index in [1.54, 1.807) is 27.7 Å². The van der Waals surface area contributed by atoms with Crippen LogP contribution in [-0.4, -0.2) is 113 Å². The van der Waals surface area contributed by atoms with Crippen LogP contribution in [0.4, 0.5) is 0 Å². The molecule has 2 saturated heterocycles. The van der Waals surface area contributed by atoms with E-state index in [1.807, 2.05) is 68.4 Å². The van der Waals surface area contributed by atoms with Crippen molar-refractivity contribution in [3.05, 3.63) is 42.0 Å². The van der Waals surface area contributed by atoms with E-state index in [1.165, 1.54) is 20.8 Å². The molecule has 2 aliphatic rings. The number of carbonyl (C=O) groups is 3. The lowest BCUT2D eigenvalue weighted by Crippen LogP contribution is -2.60. The van der Waals surface area contributed by atoms with Crippen LogP contribution >= 0.6 is 0 Å². The standard InChI is InChI=1S/C38H59NO10/c1-11-29-38(8,45)33(43)24(4)30(40)22(2)21-37(7,46-19-15-18-27-16-13-12-14-17-27)34(25(5)31(41)26(6)35(44)48-29)49-36-32(42)28(39(9)10)20-23(3)47-36/h12-18,22-26,28-29,32-34,36,42-43,45H,11,19-21H2,1-10H3/b18-15+/t22-,23-,24+,25+,26-,28+,29?,32-,33-,34-,36+,37-,38-/m1/s1. The average molecular weight is 690 g/mol. The zero-order valence-corrected chi connectivity index (χ0v) is 30.9. The van der Waals surface area contributed by atoms with E-state index in [0.29, 0.717) is 6.42 Å². The van der Waals surface area contributed by atoms with Crippen molar-refractivity contribution >= 4 is 23.6 Å². The number of hydrogen-bond acceptors (Lipinski definition) is 11. The van der Waals surface area contributed by atoms with Crippen molar-refractivity contribution in [2.75, 3.05) is 20.7 Å². The second-order valence-corrected chi connectivity index (χ2v) is 14.8. The van der Waals surface area contributed by atoms with Crippen molar-refractivity contribution in [3.8, 4) is 0 Å². The molecule has 0 aliphatic carbocycles. The molecule has 0 radical (unpaired) electrons. The highest BCUT2D eigenvalue weighted by Crippen LogP contribution is 2.38. The molecule has 11 nitrogen and oxygen atoms in total. The fraction of sp³-hybridized carbons (Fsp3) is 0.711. The maximum atomic E-state index is 14.2. The van der Waals surface area contributed by atoms with Gasteiger partial charge < -0.3 is 39.2 Å². The van der Waals surface area contributed by atoms with E-state index in [-0.39, 0.29) is 37.4 Å². The molecular weight excluding hydrogens is 630 g/mol. The molecule has 0 spiro atoms. The summed E-state index contributed by atoms with van der Waals surface area (Å²) in [5, 5.41) is 34.2. The number of ketones is 2. The van der Waals surface area contributed by atoms with Gasteiger partial charge in [0.05, 0.1) is 30.5 Å². The Bertz CT molecular complexity index is 1280. The minimum absolute atomic E-state index is 0.0536. The minimum Gasteiger partial charge on any atom is -0.459 e. The van der Waals surface area contributed by atoms with Crippen LogP contribution in [0.15, 0.2) is 36.4 Å². The van der Waals surface area contributed by atoms with Crippen LogP contribution in [0, 0.1) is 23.7 Å². The number of cyclic esters (lactones) is 1. The topological polar surface area (TPSA) is 152 Å². The molecule has 0 amide bonds. The average Bonchev–Trinajstić information content (AvgIpc) is 3.06. The molecule has 11 heteroatoms. The summed E-state index contributed by atoms with van der Waals surface area (Å²) in [5.74, 6) is -5.76. The van der Waals surface area contributed by atoms with Crippen molar-refractivity contribution in [1.29, 1.82) is 0 Å². The molecule has 0 aromatic heterocycles. The Balaban J connectivity index is 2.13. The van der Waals surface area contributed by atoms with Gasteiger partial charge in [0.25, 0.3) is 0 Å². The normalized spacial score (nSPS) is 40.4. The van der Waals surface area contributed by atoms with Crippen molar-refractivity contribution in [1.82, 2.24) is 4.90 Å². The van der Waals surface area contributed by atoms with Gasteiger partial charge in [-0.1, -0.05) is 70.2 Å². The predicted molar refractivity (Wildman–Crippen MR) is 185 cm³/mol. The SMILES string of the molecule is CCC1OC(=O)[C@H](C)C(=O)[C@H](C)[C@@H](O[C@@H]2O[C@H](C)C[C@H](N(C)C)[C@H]2O)[C@](C)(OC/C=C/c2ccccc2)C[C@@H](C)C(=O)[C@H](C)[C@@H](O)[C@]1(C)O. The maximum absolute atomic E-state index is 14.2. The number of ether oxygens (including phenoxy) is 4. The van der Waals surface area contributed by atoms with Gasteiger partial charge in [-0.05, 0) is 66.6 Å². The molecule has 1 aromatic carbocycles. The fourth-order valence-corrected chi connectivity index (χ4v) is 7.36. The number of esters is 1. The number of hydrogen-bond donors (Lipinski definition) is 3. The second kappa shape index (κ2) is 17.1. The highest BCUT2D eigenvalue weighted by Gasteiger charge is 2.52. The second-order valence-electron chi connectivity index (χ2n) is 14.8. The highest BCUT2D eigenvalue weighted by molar-refractivity contribution is 6.00. The van der Waals surface area contributed by atoms with Gasteiger partial charge in [0.2, 0.25) is 0 Å². The Hall–Kier alpha value is -2.51. The molecule has 13 atom stereocenters. The Morgan fingerprint density at radius 3 is 2.20 bits per heavy atom. The van der Waals surface area contributed by atoms with Crippen LogP contribution in [0.3, 0.4) is 0 Å². The van der Waals surface area contributed by atoms with Gasteiger partial charge in [-0.25, -0.2) is 0 Å². The van der Waals surface area contributed by atoms with Gasteiger partial charge in [-0.15, -0.1) is 0 Å². The summed E-state index contributed by atoms with van der Waals surface area (Å²) in [7, 11) is 3.72. The summed E-state index contributed by atoms with van der Waals surface area (Å²) < 4.78 is 25.0. The number of benzene rings is 1. The first-order valence-electron chi connectivity index (χ1n) is 17.5. The van der Waals surface area contributed by atoms with E-state index < -0.39 is 77.3 Å². The molecule has 3 N–H and O–H groups in total. The third-order valence-electron chi connectivity index (χ3n) is 10.5. The zero-order chi connectivity index (χ0) is 36.8. The first-order valence-corrected chi connectivity index (χ1v) is 17.5. The first kappa shape index (κ1) is 40.9. The van der Waals surface area contributed by atoms with E-state index in [4.69, 9.17) is 18.9 Å². The van der Waals surface area contributed by atoms with Gasteiger partial charge in [0.15, 0.2) is 12.1 Å². The van der Waals surface area contributed by atoms with E-state index in [9.17, 15) is 29.7 Å². The van der Waals surface area contributed by atoms with Crippen LogP contribution in [0.5, 0.6) is 0 Å². The molecule has 49 heavy (non-hydrogen) atoms. The molecule has 1 unspecified atom stereocenters. The molecule has 0 saturated carbocycles. The number of rotatable bonds is 8. The van der Waals surface area contributed by atoms with E-state index in [0.717, 1.165) is 5.56 Å². The van der Waals surface area contributed by atoms with Gasteiger partial charge in [-0.3, -0.25) is 14.4 Å². The maximum Gasteiger partial charge on any atom is 0.316 e. The molecule has 1 aromatic rings. The minimum atomic E-state index is -1.97. The highest BCUT2D eigenvalue weighted by atomic mass is 16.7. The third-order valence-corrected chi connectivity index (χ3v) is 10.5. The number of likely N-dealkylation sites (N-methyl/N-ethyl adjacent to an activating group) is 1. The van der Waals surface area contributed by atoms with E-state index >= 15 is 0 Å². The Kier molecular flexibility index (Phi) is 14.3. The van der Waals surface area contributed by atoms with Gasteiger partial charge in [0.1, 0.15) is 29.5 Å². The quantitative estimate of drug-likeness (QED) is 0.270. The first-order chi connectivity index (χ1) is 22.8. The van der Waals surface area contributed by atoms with Gasteiger partial charge in [0, 0.05) is 23.8 Å². The number of aliphatic hydroxyl groups is 3. The summed E-state index contributed by atoms with van der Waals surface area (Å²) in [5.41, 5.74) is -2.37. The van der Waals surface area contributed by atoms with Crippen molar-refractivity contribution in [3.63, 3.8) is 0 Å². The Labute approximate surface area is 291 Å². The molecule has 2 fully saturated rings. The van der Waals surface area contributed by atoms with Crippen LogP contribution in [0.25, 0.3) is 6.08 Å². The summed E-state index contributed by atoms with van der Waals surface area (Å²) in [6, 6.07) is 9.36. The summed E-state index contributed by atoms with van der Waals surface area (Å²) in [6.07, 6.45) is -1.88. The number of carbonyl (C=O) groups excluding carboxylic acids is 3. The van der Waals surface area contributed by atoms with Crippen LogP contribution in [0.2, 0.25) is 0 Å². The number of aliphatic hydroxyl groups excluding tert-OH is 2. The molecule has 3 rings (SSSR count). The van der Waals surface area contributed by atoms with Crippen LogP contribution in [0.1, 0.15) is 80.2 Å². The number of nitrogens with zero attached hydrogens (tertiary/aromatic N) is 1. The van der Waals surface area contributed by atoms with Crippen molar-refractivity contribution in [2.24, 2.45) is 23.7 Å². The Morgan fingerprint density at radius 2 is 1.61 bits per heavy atom. The molecule has 276 valence electrons. The van der Waals surface area contributed by atoms with E-state index in [2.05, 4.69) is 0 Å². The Morgan fingerprint density at radius 1 is 0.980 bits per heavy atom. The molecular formula is C38H59NO10. The lowest BCUT2D eigenvalue weighted by molar-refractivity contribution is -0.296. The summed E-state index contributed by atoms with van der Waals surface area (Å²) in [6.45, 7) is 13.1. The lowest BCUT2D eigenvalue weighted by atomic mass is 9.74. The zero-order valence-electron chi connectivity index (χ0n) is 30.9. The molecule has 2 heterocycles. The monoisotopic (exact) mass is 689 g/mol. The summed E-state index contributed by atoms with van der Waals surface area (Å²) in [4.78, 5) is 43.5. The largest absolute Gasteiger partial charge is 0.459 e. The predicted octanol–water partition coefficient (Wildman–Crippen LogP) is 3.81. The van der Waals surface area contributed by atoms with Crippen LogP contribution in [-0.2, 0) is 33.3 Å². The smallest absolute Gasteiger partial charge is 0.316 e. The lowest BCUT2D eigenvalue weighted by Gasteiger charge is -2.47. The third kappa shape index (κ3) is 9.64. The van der Waals surface area contributed by atoms with Crippen LogP contribution < -0.4 is 0 Å². The van der Waals surface area contributed by atoms with Gasteiger partial charge >= 0.3 is 5.97 Å². The van der Waals surface area contributed by atoms with Gasteiger partial charge in [-0.2, -0.15) is 0 Å². The fourth-order valence-electron chi connectivity index (χ4n) is 7.36. The molecule has 0 bridgehead atoms. The molecule has 2 aliphatic heterocycles. The number of Topliss-reactive ketones (excluding diaryl/α,β-unsaturated/α-hetero) is 2. The van der Waals surface area contributed by atoms with Crippen molar-refractivity contribution in [2.45, 2.75) is 129 Å².